The molecule has 2 rings (SSSR count). The van der Waals surface area contributed by atoms with E-state index < -0.39 is 5.91 Å². The lowest BCUT2D eigenvalue weighted by molar-refractivity contribution is 0.100. The van der Waals surface area contributed by atoms with Crippen molar-refractivity contribution in [2.24, 2.45) is 5.73 Å². The van der Waals surface area contributed by atoms with Gasteiger partial charge >= 0.3 is 0 Å². The van der Waals surface area contributed by atoms with E-state index in [1.165, 1.54) is 11.3 Å². The van der Waals surface area contributed by atoms with Gasteiger partial charge in [-0.3, -0.25) is 9.59 Å². The zero-order valence-corrected chi connectivity index (χ0v) is 15.3. The molecule has 1 heterocycles. The van der Waals surface area contributed by atoms with Crippen molar-refractivity contribution in [2.45, 2.75) is 18.6 Å². The molecule has 0 bridgehead atoms. The third kappa shape index (κ3) is 4.48. The number of nitrogens with zero attached hydrogens (tertiary/aromatic N) is 1. The largest absolute Gasteiger partial charge is 0.497 e. The summed E-state index contributed by atoms with van der Waals surface area (Å²) in [5, 5.41) is 3.81. The van der Waals surface area contributed by atoms with E-state index in [1.54, 1.807) is 43.1 Å². The molecule has 3 N–H and O–H groups in total. The van der Waals surface area contributed by atoms with Crippen LogP contribution in [0.3, 0.4) is 0 Å². The van der Waals surface area contributed by atoms with Crippen LogP contribution in [0.15, 0.2) is 24.3 Å². The highest BCUT2D eigenvalue weighted by Gasteiger charge is 2.19. The zero-order chi connectivity index (χ0) is 17.7. The Bertz CT molecular complexity index is 729. The molecule has 8 heteroatoms. The van der Waals surface area contributed by atoms with Crippen LogP contribution in [-0.4, -0.2) is 35.4 Å². The van der Waals surface area contributed by atoms with Crippen LogP contribution >= 0.6 is 23.1 Å². The Morgan fingerprint density at radius 2 is 2.04 bits per heavy atom. The minimum atomic E-state index is -0.597. The number of ether oxygens (including phenoxy) is 1. The fraction of sp³-hybridized carbons (Fsp3) is 0.312. The monoisotopic (exact) mass is 365 g/mol. The molecule has 0 fully saturated rings. The van der Waals surface area contributed by atoms with Crippen molar-refractivity contribution in [3.8, 4) is 5.75 Å². The molecule has 2 aromatic rings. The molecule has 0 aliphatic heterocycles. The van der Waals surface area contributed by atoms with E-state index in [0.29, 0.717) is 23.0 Å². The first kappa shape index (κ1) is 18.3. The number of benzene rings is 1. The second-order valence-electron chi connectivity index (χ2n) is 5.08. The van der Waals surface area contributed by atoms with Crippen LogP contribution in [0.1, 0.15) is 32.0 Å². The van der Waals surface area contributed by atoms with E-state index in [4.69, 9.17) is 10.5 Å². The Hall–Kier alpha value is -2.06. The van der Waals surface area contributed by atoms with E-state index in [1.807, 2.05) is 6.26 Å². The molecule has 0 saturated carbocycles. The van der Waals surface area contributed by atoms with Crippen LogP contribution in [0.4, 0.5) is 5.82 Å². The maximum absolute atomic E-state index is 12.3. The molecule has 1 aromatic heterocycles. The van der Waals surface area contributed by atoms with Crippen molar-refractivity contribution in [1.29, 1.82) is 0 Å². The summed E-state index contributed by atoms with van der Waals surface area (Å²) >= 11 is 2.93. The Morgan fingerprint density at radius 1 is 1.38 bits per heavy atom. The summed E-state index contributed by atoms with van der Waals surface area (Å²) in [6.45, 7) is 2.08. The third-order valence-electron chi connectivity index (χ3n) is 3.34. The van der Waals surface area contributed by atoms with E-state index in [0.717, 1.165) is 5.01 Å². The average Bonchev–Trinajstić information content (AvgIpc) is 2.97. The number of thiazole rings is 1. The quantitative estimate of drug-likeness (QED) is 0.787. The Kier molecular flexibility index (Phi) is 6.22. The van der Waals surface area contributed by atoms with Crippen LogP contribution in [0.5, 0.6) is 5.75 Å². The zero-order valence-electron chi connectivity index (χ0n) is 13.7. The number of rotatable bonds is 7. The number of thioether (sulfide) groups is 1. The SMILES string of the molecule is COc1ccc(C(=O)Nc2nc(CC(C)SC)sc2C(N)=O)cc1. The molecular weight excluding hydrogens is 346 g/mol. The second kappa shape index (κ2) is 8.16. The van der Waals surface area contributed by atoms with Gasteiger partial charge in [0.1, 0.15) is 10.6 Å². The number of aromatic nitrogens is 1. The predicted molar refractivity (Wildman–Crippen MR) is 98.3 cm³/mol. The van der Waals surface area contributed by atoms with Gasteiger partial charge < -0.3 is 15.8 Å². The van der Waals surface area contributed by atoms with E-state index >= 15 is 0 Å². The van der Waals surface area contributed by atoms with Crippen LogP contribution in [-0.2, 0) is 6.42 Å². The molecular formula is C16H19N3O3S2. The standard InChI is InChI=1S/C16H19N3O3S2/c1-9(23-3)8-12-18-15(13(24-12)14(17)20)19-16(21)10-4-6-11(22-2)7-5-10/h4-7,9H,8H2,1-3H3,(H2,17,20)(H,19,21). The molecule has 0 aliphatic carbocycles. The number of methoxy groups -OCH3 is 1. The van der Waals surface area contributed by atoms with Gasteiger partial charge in [0.25, 0.3) is 11.8 Å². The summed E-state index contributed by atoms with van der Waals surface area (Å²) < 4.78 is 5.06. The van der Waals surface area contributed by atoms with Crippen molar-refractivity contribution in [3.63, 3.8) is 0 Å². The van der Waals surface area contributed by atoms with E-state index in [-0.39, 0.29) is 16.6 Å². The van der Waals surface area contributed by atoms with Crippen molar-refractivity contribution in [1.82, 2.24) is 4.98 Å². The number of hydrogen-bond donors (Lipinski definition) is 2. The van der Waals surface area contributed by atoms with Crippen LogP contribution in [0.25, 0.3) is 0 Å². The number of carbonyl (C=O) groups is 2. The molecule has 0 spiro atoms. The number of nitrogens with one attached hydrogen (secondary N) is 1. The topological polar surface area (TPSA) is 94.3 Å². The molecule has 0 aliphatic rings. The van der Waals surface area contributed by atoms with Gasteiger partial charge in [0.05, 0.1) is 12.1 Å². The first-order valence-electron chi connectivity index (χ1n) is 7.22. The molecule has 0 radical (unpaired) electrons. The summed E-state index contributed by atoms with van der Waals surface area (Å²) in [6, 6.07) is 6.66. The first-order chi connectivity index (χ1) is 11.4. The van der Waals surface area contributed by atoms with E-state index in [2.05, 4.69) is 17.2 Å². The van der Waals surface area contributed by atoms with Gasteiger partial charge in [0.15, 0.2) is 5.82 Å². The highest BCUT2D eigenvalue weighted by molar-refractivity contribution is 7.99. The molecule has 1 atom stereocenters. The second-order valence-corrected chi connectivity index (χ2v) is 7.44. The van der Waals surface area contributed by atoms with Crippen LogP contribution < -0.4 is 15.8 Å². The smallest absolute Gasteiger partial charge is 0.262 e. The van der Waals surface area contributed by atoms with Gasteiger partial charge in [-0.1, -0.05) is 6.92 Å². The first-order valence-corrected chi connectivity index (χ1v) is 9.32. The van der Waals surface area contributed by atoms with Gasteiger partial charge in [-0.25, -0.2) is 4.98 Å². The van der Waals surface area contributed by atoms with Gasteiger partial charge in [-0.05, 0) is 30.5 Å². The summed E-state index contributed by atoms with van der Waals surface area (Å²) in [6.07, 6.45) is 2.73. The number of nitrogens with two attached hydrogens (primary N) is 1. The predicted octanol–water partition coefficient (Wildman–Crippen LogP) is 2.80. The Morgan fingerprint density at radius 3 is 2.58 bits per heavy atom. The highest BCUT2D eigenvalue weighted by atomic mass is 32.2. The summed E-state index contributed by atoms with van der Waals surface area (Å²) in [5.74, 6) is -0.0708. The molecule has 0 saturated heterocycles. The normalized spacial score (nSPS) is 11.8. The minimum absolute atomic E-state index is 0.219. The summed E-state index contributed by atoms with van der Waals surface area (Å²) in [4.78, 5) is 28.6. The summed E-state index contributed by atoms with van der Waals surface area (Å²) in [7, 11) is 1.56. The van der Waals surface area contributed by atoms with Gasteiger partial charge in [-0.2, -0.15) is 11.8 Å². The minimum Gasteiger partial charge on any atom is -0.497 e. The lowest BCUT2D eigenvalue weighted by Gasteiger charge is -2.05. The Labute approximate surface area is 148 Å². The highest BCUT2D eigenvalue weighted by Crippen LogP contribution is 2.26. The maximum Gasteiger partial charge on any atom is 0.262 e. The van der Waals surface area contributed by atoms with E-state index in [9.17, 15) is 9.59 Å². The lowest BCUT2D eigenvalue weighted by atomic mass is 10.2. The lowest BCUT2D eigenvalue weighted by Crippen LogP contribution is -2.17. The number of amides is 2. The van der Waals surface area contributed by atoms with Crippen molar-refractivity contribution in [3.05, 3.63) is 39.7 Å². The van der Waals surface area contributed by atoms with Crippen molar-refractivity contribution < 1.29 is 14.3 Å². The Balaban J connectivity index is 2.20. The molecule has 128 valence electrons. The summed E-state index contributed by atoms with van der Waals surface area (Å²) in [5.41, 5.74) is 5.84. The number of hydrogen-bond acceptors (Lipinski definition) is 6. The third-order valence-corrected chi connectivity index (χ3v) is 5.41. The van der Waals surface area contributed by atoms with Crippen molar-refractivity contribution >= 4 is 40.7 Å². The fourth-order valence-corrected chi connectivity index (χ4v) is 3.38. The fourth-order valence-electron chi connectivity index (χ4n) is 1.95. The van der Waals surface area contributed by atoms with Crippen LogP contribution in [0, 0.1) is 0 Å². The number of carbonyl (C=O) groups excluding carboxylic acids is 2. The number of anilines is 1. The molecule has 2 amide bonds. The van der Waals surface area contributed by atoms with Crippen molar-refractivity contribution in [2.75, 3.05) is 18.7 Å². The molecule has 1 unspecified atom stereocenters. The van der Waals surface area contributed by atoms with Gasteiger partial charge in [0, 0.05) is 17.2 Å². The van der Waals surface area contributed by atoms with Crippen LogP contribution in [0.2, 0.25) is 0 Å². The van der Waals surface area contributed by atoms with Gasteiger partial charge in [-0.15, -0.1) is 11.3 Å². The average molecular weight is 365 g/mol. The number of primary amides is 1. The molecule has 24 heavy (non-hydrogen) atoms. The van der Waals surface area contributed by atoms with Gasteiger partial charge in [0.2, 0.25) is 0 Å². The maximum atomic E-state index is 12.3. The molecule has 1 aromatic carbocycles. The molecule has 6 nitrogen and oxygen atoms in total.